The fourth-order valence-corrected chi connectivity index (χ4v) is 1.45. The Morgan fingerprint density at radius 2 is 2.00 bits per heavy atom. The molecule has 0 radical (unpaired) electrons. The number of rotatable bonds is 4. The van der Waals surface area contributed by atoms with Crippen LogP contribution in [-0.4, -0.2) is 30.2 Å². The molecule has 2 amide bonds. The molecule has 0 fully saturated rings. The quantitative estimate of drug-likeness (QED) is 0.692. The molecule has 0 aliphatic rings. The summed E-state index contributed by atoms with van der Waals surface area (Å²) in [7, 11) is 1.52. The Labute approximate surface area is 98.8 Å². The molecule has 0 spiro atoms. The highest BCUT2D eigenvalue weighted by atomic mass is 16.4. The summed E-state index contributed by atoms with van der Waals surface area (Å²) in [5.41, 5.74) is 11.9. The number of hydrogen-bond acceptors (Lipinski definition) is 3. The van der Waals surface area contributed by atoms with E-state index < -0.39 is 18.0 Å². The minimum atomic E-state index is -1.08. The predicted octanol–water partition coefficient (Wildman–Crippen LogP) is 0.156. The van der Waals surface area contributed by atoms with Gasteiger partial charge in [0.15, 0.2) is 0 Å². The van der Waals surface area contributed by atoms with Crippen LogP contribution in [0.25, 0.3) is 0 Å². The number of nitrogens with zero attached hydrogens (tertiary/aromatic N) is 1. The molecule has 1 rings (SSSR count). The molecule has 0 saturated carbocycles. The van der Waals surface area contributed by atoms with Gasteiger partial charge in [-0.3, -0.25) is 9.69 Å². The van der Waals surface area contributed by atoms with Crippen molar-refractivity contribution in [3.8, 4) is 0 Å². The van der Waals surface area contributed by atoms with Gasteiger partial charge in [-0.25, -0.2) is 4.79 Å². The van der Waals surface area contributed by atoms with Gasteiger partial charge in [0.25, 0.3) is 0 Å². The van der Waals surface area contributed by atoms with E-state index in [2.05, 4.69) is 0 Å². The number of carboxylic acids is 1. The summed E-state index contributed by atoms with van der Waals surface area (Å²) in [6.07, 6.45) is 0.142. The number of carbonyl (C=O) groups excluding carboxylic acids is 1. The molecular formula is C11H15N3O3. The van der Waals surface area contributed by atoms with Gasteiger partial charge in [-0.1, -0.05) is 18.2 Å². The van der Waals surface area contributed by atoms with Gasteiger partial charge in [-0.05, 0) is 11.6 Å². The summed E-state index contributed by atoms with van der Waals surface area (Å²) < 4.78 is 0. The summed E-state index contributed by atoms with van der Waals surface area (Å²) in [5, 5.41) is 8.75. The van der Waals surface area contributed by atoms with Gasteiger partial charge >= 0.3 is 12.0 Å². The van der Waals surface area contributed by atoms with Crippen molar-refractivity contribution in [2.45, 2.75) is 12.5 Å². The van der Waals surface area contributed by atoms with Crippen LogP contribution in [0.1, 0.15) is 5.56 Å². The van der Waals surface area contributed by atoms with Gasteiger partial charge in [0.2, 0.25) is 0 Å². The Bertz CT molecular complexity index is 434. The molecule has 1 aromatic rings. The van der Waals surface area contributed by atoms with Crippen LogP contribution in [0.4, 0.5) is 10.5 Å². The molecule has 0 saturated heterocycles. The normalized spacial score (nSPS) is 11.9. The molecule has 1 unspecified atom stereocenters. The third-order valence-electron chi connectivity index (χ3n) is 2.44. The minimum Gasteiger partial charge on any atom is -0.480 e. The van der Waals surface area contributed by atoms with Crippen molar-refractivity contribution in [1.29, 1.82) is 0 Å². The molecule has 0 bridgehead atoms. The van der Waals surface area contributed by atoms with Gasteiger partial charge in [0.05, 0.1) is 0 Å². The lowest BCUT2D eigenvalue weighted by atomic mass is 10.0. The first kappa shape index (κ1) is 13.0. The number of amides is 2. The average molecular weight is 237 g/mol. The SMILES string of the molecule is CN(C(N)=O)c1ccccc1CC(N)C(=O)O. The maximum atomic E-state index is 11.1. The van der Waals surface area contributed by atoms with Crippen LogP contribution >= 0.6 is 0 Å². The predicted molar refractivity (Wildman–Crippen MR) is 63.7 cm³/mol. The topological polar surface area (TPSA) is 110 Å². The molecular weight excluding hydrogens is 222 g/mol. The number of nitrogens with two attached hydrogens (primary N) is 2. The van der Waals surface area contributed by atoms with E-state index in [1.165, 1.54) is 11.9 Å². The van der Waals surface area contributed by atoms with Gasteiger partial charge in [-0.2, -0.15) is 0 Å². The van der Waals surface area contributed by atoms with Crippen molar-refractivity contribution < 1.29 is 14.7 Å². The van der Waals surface area contributed by atoms with E-state index in [1.54, 1.807) is 24.3 Å². The van der Waals surface area contributed by atoms with E-state index in [0.29, 0.717) is 11.3 Å². The Morgan fingerprint density at radius 1 is 1.41 bits per heavy atom. The summed E-state index contributed by atoms with van der Waals surface area (Å²) in [5.74, 6) is -1.08. The second-order valence-corrected chi connectivity index (χ2v) is 3.67. The van der Waals surface area contributed by atoms with Crippen LogP contribution in [0, 0.1) is 0 Å². The van der Waals surface area contributed by atoms with E-state index in [-0.39, 0.29) is 6.42 Å². The molecule has 0 heterocycles. The van der Waals surface area contributed by atoms with Crippen molar-refractivity contribution in [2.24, 2.45) is 11.5 Å². The fraction of sp³-hybridized carbons (Fsp3) is 0.273. The first-order valence-corrected chi connectivity index (χ1v) is 5.03. The fourth-order valence-electron chi connectivity index (χ4n) is 1.45. The Hall–Kier alpha value is -2.08. The maximum Gasteiger partial charge on any atom is 0.320 e. The lowest BCUT2D eigenvalue weighted by Gasteiger charge is -2.19. The number of urea groups is 1. The third kappa shape index (κ3) is 3.18. The molecule has 0 aromatic heterocycles. The van der Waals surface area contributed by atoms with Crippen molar-refractivity contribution in [2.75, 3.05) is 11.9 Å². The number of primary amides is 1. The minimum absolute atomic E-state index is 0.142. The van der Waals surface area contributed by atoms with Crippen LogP contribution in [-0.2, 0) is 11.2 Å². The maximum absolute atomic E-state index is 11.1. The number of hydrogen-bond donors (Lipinski definition) is 3. The van der Waals surface area contributed by atoms with Crippen molar-refractivity contribution in [3.63, 3.8) is 0 Å². The van der Waals surface area contributed by atoms with Gasteiger partial charge in [0, 0.05) is 19.2 Å². The van der Waals surface area contributed by atoms with Crippen molar-refractivity contribution in [1.82, 2.24) is 0 Å². The summed E-state index contributed by atoms with van der Waals surface area (Å²) >= 11 is 0. The zero-order chi connectivity index (χ0) is 13.0. The number of carboxylic acid groups (broad SMARTS) is 1. The first-order chi connectivity index (χ1) is 7.93. The van der Waals surface area contributed by atoms with Crippen LogP contribution < -0.4 is 16.4 Å². The molecule has 17 heavy (non-hydrogen) atoms. The molecule has 0 aliphatic carbocycles. The second kappa shape index (κ2) is 5.31. The Balaban J connectivity index is 3.00. The van der Waals surface area contributed by atoms with E-state index in [0.717, 1.165) is 0 Å². The van der Waals surface area contributed by atoms with E-state index in [9.17, 15) is 9.59 Å². The Kier molecular flexibility index (Phi) is 4.06. The van der Waals surface area contributed by atoms with Crippen LogP contribution in [0.2, 0.25) is 0 Å². The standard InChI is InChI=1S/C11H15N3O3/c1-14(11(13)17)9-5-3-2-4-7(9)6-8(12)10(15)16/h2-5,8H,6,12H2,1H3,(H2,13,17)(H,15,16). The van der Waals surface area contributed by atoms with Gasteiger partial charge in [-0.15, -0.1) is 0 Å². The number of anilines is 1. The first-order valence-electron chi connectivity index (χ1n) is 5.03. The number of aliphatic carboxylic acids is 1. The number of carbonyl (C=O) groups is 2. The molecule has 0 aliphatic heterocycles. The molecule has 1 aromatic carbocycles. The monoisotopic (exact) mass is 237 g/mol. The highest BCUT2D eigenvalue weighted by Gasteiger charge is 2.17. The summed E-state index contributed by atoms with van der Waals surface area (Å²) in [4.78, 5) is 23.0. The van der Waals surface area contributed by atoms with Crippen LogP contribution in [0.5, 0.6) is 0 Å². The zero-order valence-electron chi connectivity index (χ0n) is 9.46. The number of benzene rings is 1. The van der Waals surface area contributed by atoms with Crippen molar-refractivity contribution >= 4 is 17.7 Å². The van der Waals surface area contributed by atoms with Crippen LogP contribution in [0.3, 0.4) is 0 Å². The highest BCUT2D eigenvalue weighted by molar-refractivity contribution is 5.91. The second-order valence-electron chi connectivity index (χ2n) is 3.67. The molecule has 5 N–H and O–H groups in total. The zero-order valence-corrected chi connectivity index (χ0v) is 9.46. The Morgan fingerprint density at radius 3 is 2.53 bits per heavy atom. The lowest BCUT2D eigenvalue weighted by molar-refractivity contribution is -0.138. The van der Waals surface area contributed by atoms with Crippen molar-refractivity contribution in [3.05, 3.63) is 29.8 Å². The van der Waals surface area contributed by atoms with E-state index in [4.69, 9.17) is 16.6 Å². The molecule has 92 valence electrons. The smallest absolute Gasteiger partial charge is 0.320 e. The lowest BCUT2D eigenvalue weighted by Crippen LogP contribution is -2.35. The molecule has 6 nitrogen and oxygen atoms in total. The average Bonchev–Trinajstić information content (AvgIpc) is 2.28. The summed E-state index contributed by atoms with van der Waals surface area (Å²) in [6, 6.07) is 5.29. The third-order valence-corrected chi connectivity index (χ3v) is 2.44. The number of para-hydroxylation sites is 1. The highest BCUT2D eigenvalue weighted by Crippen LogP contribution is 2.20. The summed E-state index contributed by atoms with van der Waals surface area (Å²) in [6.45, 7) is 0. The van der Waals surface area contributed by atoms with E-state index in [1.807, 2.05) is 0 Å². The largest absolute Gasteiger partial charge is 0.480 e. The van der Waals surface area contributed by atoms with E-state index >= 15 is 0 Å². The van der Waals surface area contributed by atoms with Crippen LogP contribution in [0.15, 0.2) is 24.3 Å². The molecule has 1 atom stereocenters. The van der Waals surface area contributed by atoms with Gasteiger partial charge < -0.3 is 16.6 Å². The molecule has 6 heteroatoms. The van der Waals surface area contributed by atoms with Gasteiger partial charge in [0.1, 0.15) is 6.04 Å².